The smallest absolute Gasteiger partial charge is 0.329 e. The number of carbonyl (C=O) groups excluding carboxylic acids is 2. The first-order chi connectivity index (χ1) is 17.5. The summed E-state index contributed by atoms with van der Waals surface area (Å²) in [5, 5.41) is 4.79. The minimum atomic E-state index is -0.514. The van der Waals surface area contributed by atoms with E-state index in [1.807, 2.05) is 6.07 Å². The Morgan fingerprint density at radius 3 is 2.58 bits per heavy atom. The number of hydrogen-bond acceptors (Lipinski definition) is 5. The molecule has 1 aliphatic carbocycles. The molecule has 184 valence electrons. The van der Waals surface area contributed by atoms with Crippen molar-refractivity contribution in [2.75, 3.05) is 0 Å². The van der Waals surface area contributed by atoms with Crippen molar-refractivity contribution in [2.24, 2.45) is 0 Å². The monoisotopic (exact) mass is 485 g/mol. The zero-order valence-corrected chi connectivity index (χ0v) is 19.7. The van der Waals surface area contributed by atoms with Crippen molar-refractivity contribution in [1.82, 2.24) is 25.3 Å². The highest BCUT2D eigenvalue weighted by Gasteiger charge is 2.21. The molecule has 3 N–H and O–H groups in total. The van der Waals surface area contributed by atoms with Gasteiger partial charge in [-0.05, 0) is 48.7 Å². The summed E-state index contributed by atoms with van der Waals surface area (Å²) < 4.78 is 1.47. The summed E-state index contributed by atoms with van der Waals surface area (Å²) in [6.45, 7) is 0.186. The third-order valence-electron chi connectivity index (χ3n) is 6.60. The van der Waals surface area contributed by atoms with Crippen molar-refractivity contribution in [3.8, 4) is 0 Å². The van der Waals surface area contributed by atoms with Gasteiger partial charge in [-0.15, -0.1) is 0 Å². The predicted octanol–water partition coefficient (Wildman–Crippen LogP) is 2.55. The highest BCUT2D eigenvalue weighted by Crippen LogP contribution is 2.18. The first kappa shape index (κ1) is 23.3. The second kappa shape index (κ2) is 10.1. The maximum Gasteiger partial charge on any atom is 0.329 e. The minimum Gasteiger partial charge on any atom is -0.349 e. The first-order valence-electron chi connectivity index (χ1n) is 12.1. The Morgan fingerprint density at radius 2 is 1.81 bits per heavy atom. The molecule has 1 fully saturated rings. The third kappa shape index (κ3) is 4.86. The average molecular weight is 486 g/mol. The molecule has 1 aromatic heterocycles. The molecule has 0 radical (unpaired) electrons. The van der Waals surface area contributed by atoms with E-state index in [-0.39, 0.29) is 24.4 Å². The predicted molar refractivity (Wildman–Crippen MR) is 136 cm³/mol. The summed E-state index contributed by atoms with van der Waals surface area (Å²) in [6.07, 6.45) is 10.1. The summed E-state index contributed by atoms with van der Waals surface area (Å²) in [5.41, 5.74) is 4.05. The van der Waals surface area contributed by atoms with Gasteiger partial charge in [-0.2, -0.15) is 0 Å². The lowest BCUT2D eigenvalue weighted by molar-refractivity contribution is -0.118. The lowest BCUT2D eigenvalue weighted by Crippen LogP contribution is -2.41. The number of para-hydroxylation sites is 1. The molecule has 36 heavy (non-hydrogen) atoms. The molecule has 0 saturated heterocycles. The molecule has 0 spiro atoms. The molecular weight excluding hydrogens is 458 g/mol. The number of aromatic nitrogens is 2. The fourth-order valence-electron chi connectivity index (χ4n) is 4.69. The molecule has 0 unspecified atom stereocenters. The van der Waals surface area contributed by atoms with Gasteiger partial charge in [-0.25, -0.2) is 9.80 Å². The average Bonchev–Trinajstić information content (AvgIpc) is 2.91. The highest BCUT2D eigenvalue weighted by atomic mass is 16.2. The minimum absolute atomic E-state index is 0.154. The summed E-state index contributed by atoms with van der Waals surface area (Å²) in [5.74, 6) is -0.465. The molecule has 9 heteroatoms. The molecule has 1 aliphatic heterocycles. The quantitative estimate of drug-likeness (QED) is 0.514. The normalized spacial score (nSPS) is 15.9. The van der Waals surface area contributed by atoms with E-state index >= 15 is 0 Å². The van der Waals surface area contributed by atoms with Gasteiger partial charge in [0.1, 0.15) is 0 Å². The van der Waals surface area contributed by atoms with Gasteiger partial charge in [0.25, 0.3) is 17.4 Å². The van der Waals surface area contributed by atoms with E-state index in [1.54, 1.807) is 48.5 Å². The fourth-order valence-corrected chi connectivity index (χ4v) is 4.69. The second-order valence-corrected chi connectivity index (χ2v) is 9.09. The van der Waals surface area contributed by atoms with Crippen LogP contribution in [0.4, 0.5) is 0 Å². The largest absolute Gasteiger partial charge is 0.349 e. The number of nitrogens with zero attached hydrogens (tertiary/aromatic N) is 2. The Hall–Kier alpha value is -4.40. The van der Waals surface area contributed by atoms with Crippen molar-refractivity contribution in [3.05, 3.63) is 105 Å². The molecule has 2 heterocycles. The summed E-state index contributed by atoms with van der Waals surface area (Å²) in [6, 6.07) is 14.0. The van der Waals surface area contributed by atoms with Gasteiger partial charge in [0, 0.05) is 24.0 Å². The number of nitrogens with one attached hydrogen (secondary N) is 3. The molecule has 3 aromatic rings. The molecule has 1 saturated carbocycles. The van der Waals surface area contributed by atoms with Crippen LogP contribution in [0.5, 0.6) is 0 Å². The Morgan fingerprint density at radius 1 is 1.00 bits per heavy atom. The number of hydrazine groups is 1. The molecular formula is C27H27N5O4. The van der Waals surface area contributed by atoms with E-state index in [1.165, 1.54) is 28.4 Å². The van der Waals surface area contributed by atoms with Crippen molar-refractivity contribution in [1.29, 1.82) is 0 Å². The Labute approximate surface area is 207 Å². The number of hydrogen-bond donors (Lipinski definition) is 3. The lowest BCUT2D eigenvalue weighted by atomic mass is 9.95. The summed E-state index contributed by atoms with van der Waals surface area (Å²) >= 11 is 0. The standard InChI is InChI=1S/C27H27N5O4/c33-24(29-21-9-2-1-3-10-21)20-13-14-32(28-16-20)26(35)19-8-6-7-18(15-19)17-31-23-12-5-4-11-22(23)25(34)30-27(31)36/h4-8,11-16,21,28H,1-3,9-10,17H2,(H,29,33)(H,30,34,36). The first-order valence-corrected chi connectivity index (χ1v) is 12.1. The highest BCUT2D eigenvalue weighted by molar-refractivity contribution is 5.98. The van der Waals surface area contributed by atoms with Gasteiger partial charge < -0.3 is 5.32 Å². The topological polar surface area (TPSA) is 116 Å². The van der Waals surface area contributed by atoms with Crippen LogP contribution in [0.15, 0.2) is 82.2 Å². The van der Waals surface area contributed by atoms with Crippen molar-refractivity contribution in [3.63, 3.8) is 0 Å². The number of amides is 2. The van der Waals surface area contributed by atoms with E-state index in [2.05, 4.69) is 15.7 Å². The second-order valence-electron chi connectivity index (χ2n) is 9.09. The van der Waals surface area contributed by atoms with Crippen molar-refractivity contribution in [2.45, 2.75) is 44.7 Å². The van der Waals surface area contributed by atoms with Crippen LogP contribution in [0.1, 0.15) is 48.0 Å². The summed E-state index contributed by atoms with van der Waals surface area (Å²) in [4.78, 5) is 52.6. The van der Waals surface area contributed by atoms with Gasteiger partial charge in [0.2, 0.25) is 0 Å². The van der Waals surface area contributed by atoms with Gasteiger partial charge >= 0.3 is 5.69 Å². The number of aromatic amines is 1. The van der Waals surface area contributed by atoms with Crippen LogP contribution in [-0.2, 0) is 11.3 Å². The zero-order chi connectivity index (χ0) is 25.1. The maximum atomic E-state index is 13.1. The van der Waals surface area contributed by atoms with E-state index in [9.17, 15) is 19.2 Å². The maximum absolute atomic E-state index is 13.1. The van der Waals surface area contributed by atoms with E-state index in [0.717, 1.165) is 31.2 Å². The Kier molecular flexibility index (Phi) is 6.53. The molecule has 5 rings (SSSR count). The van der Waals surface area contributed by atoms with Crippen molar-refractivity contribution < 1.29 is 9.59 Å². The lowest BCUT2D eigenvalue weighted by Gasteiger charge is -2.25. The number of H-pyrrole nitrogens is 1. The fraction of sp³-hybridized carbons (Fsp3) is 0.259. The molecule has 9 nitrogen and oxygen atoms in total. The van der Waals surface area contributed by atoms with Crippen LogP contribution in [0.3, 0.4) is 0 Å². The molecule has 0 bridgehead atoms. The van der Waals surface area contributed by atoms with Gasteiger partial charge in [0.15, 0.2) is 0 Å². The van der Waals surface area contributed by atoms with Crippen LogP contribution in [0, 0.1) is 0 Å². The van der Waals surface area contributed by atoms with Crippen LogP contribution in [-0.4, -0.2) is 32.4 Å². The SMILES string of the molecule is O=C(NC1CCCCC1)C1=CNN(C(=O)c2cccc(Cn3c(=O)[nH]c(=O)c4ccccc43)c2)C=C1. The number of fused-ring (bicyclic) bond motifs is 1. The van der Waals surface area contributed by atoms with Crippen LogP contribution < -0.4 is 22.0 Å². The number of benzene rings is 2. The number of rotatable bonds is 5. The van der Waals surface area contributed by atoms with Crippen LogP contribution in [0.25, 0.3) is 10.9 Å². The number of carbonyl (C=O) groups is 2. The Bertz CT molecular complexity index is 1490. The van der Waals surface area contributed by atoms with Crippen LogP contribution in [0.2, 0.25) is 0 Å². The summed E-state index contributed by atoms with van der Waals surface area (Å²) in [7, 11) is 0. The van der Waals surface area contributed by atoms with Crippen LogP contribution >= 0.6 is 0 Å². The Balaban J connectivity index is 1.29. The zero-order valence-electron chi connectivity index (χ0n) is 19.7. The molecule has 2 aromatic carbocycles. The molecule has 0 atom stereocenters. The van der Waals surface area contributed by atoms with Crippen molar-refractivity contribution >= 4 is 22.7 Å². The molecule has 2 aliphatic rings. The molecule has 2 amide bonds. The third-order valence-corrected chi connectivity index (χ3v) is 6.60. The van der Waals surface area contributed by atoms with E-state index in [0.29, 0.717) is 22.0 Å². The van der Waals surface area contributed by atoms with Gasteiger partial charge in [0.05, 0.1) is 23.0 Å². The van der Waals surface area contributed by atoms with Gasteiger partial charge in [-0.1, -0.05) is 43.5 Å². The van der Waals surface area contributed by atoms with E-state index < -0.39 is 11.2 Å². The van der Waals surface area contributed by atoms with E-state index in [4.69, 9.17) is 0 Å². The van der Waals surface area contributed by atoms with Gasteiger partial charge in [-0.3, -0.25) is 29.4 Å².